The van der Waals surface area contributed by atoms with E-state index in [0.29, 0.717) is 0 Å². The molecule has 2 aromatic carbocycles. The molecule has 2 heterocycles. The third-order valence-corrected chi connectivity index (χ3v) is 5.48. The lowest BCUT2D eigenvalue weighted by atomic mass is 9.99. The predicted molar refractivity (Wildman–Crippen MR) is 117 cm³/mol. The van der Waals surface area contributed by atoms with Crippen LogP contribution in [0.5, 0.6) is 28.7 Å². The van der Waals surface area contributed by atoms with Crippen molar-refractivity contribution in [2.45, 2.75) is 44.6 Å². The number of fused-ring (bicyclic) bond motifs is 1. The lowest BCUT2D eigenvalue weighted by molar-refractivity contribution is -0.273. The Morgan fingerprint density at radius 3 is 2.34 bits per heavy atom. The van der Waals surface area contributed by atoms with Gasteiger partial charge >= 0.3 is 5.97 Å². The standard InChI is InChI=1S/C23H22O12/c1-8-17(29)19(31)22(33-9(2)24)23(32-8)35-21-18(30)16-14(28)6-11(25)7-15(16)34-20(21)10-3-4-12(26)13(27)5-10/h3-8,17,19,22-23,25-29,31H,1-2H3/t8?,17-,19?,22-,23-/m0/s1. The quantitative estimate of drug-likeness (QED) is 0.225. The number of rotatable bonds is 4. The molecule has 0 amide bonds. The molecule has 1 saturated heterocycles. The van der Waals surface area contributed by atoms with Gasteiger partial charge in [-0.2, -0.15) is 0 Å². The molecule has 4 rings (SSSR count). The SMILES string of the molecule is CC(=O)O[C@H]1C(O)[C@@H](O)C(C)O[C@H]1Oc1c(-c2ccc(O)c(O)c2)oc2cc(O)cc(O)c2c1=O. The van der Waals surface area contributed by atoms with E-state index in [1.54, 1.807) is 0 Å². The van der Waals surface area contributed by atoms with Crippen molar-refractivity contribution in [2.75, 3.05) is 0 Å². The van der Waals surface area contributed by atoms with E-state index in [2.05, 4.69) is 0 Å². The molecule has 1 fully saturated rings. The van der Waals surface area contributed by atoms with Crippen LogP contribution in [0.4, 0.5) is 0 Å². The van der Waals surface area contributed by atoms with Gasteiger partial charge in [0.25, 0.3) is 0 Å². The van der Waals surface area contributed by atoms with E-state index in [1.807, 2.05) is 0 Å². The van der Waals surface area contributed by atoms with Crippen molar-refractivity contribution >= 4 is 16.9 Å². The first kappa shape index (κ1) is 24.1. The molecule has 1 aliphatic heterocycles. The fraction of sp³-hybridized carbons (Fsp3) is 0.304. The summed E-state index contributed by atoms with van der Waals surface area (Å²) in [6, 6.07) is 5.48. The number of carbonyl (C=O) groups is 1. The van der Waals surface area contributed by atoms with Gasteiger partial charge in [-0.1, -0.05) is 0 Å². The van der Waals surface area contributed by atoms with Crippen molar-refractivity contribution in [3.8, 4) is 40.1 Å². The fourth-order valence-electron chi connectivity index (χ4n) is 3.76. The Bertz CT molecular complexity index is 1350. The molecule has 0 saturated carbocycles. The van der Waals surface area contributed by atoms with Crippen LogP contribution in [0.2, 0.25) is 0 Å². The highest BCUT2D eigenvalue weighted by Crippen LogP contribution is 2.39. The van der Waals surface area contributed by atoms with Crippen molar-refractivity contribution in [2.24, 2.45) is 0 Å². The summed E-state index contributed by atoms with van der Waals surface area (Å²) in [5.41, 5.74) is -1.11. The monoisotopic (exact) mass is 490 g/mol. The van der Waals surface area contributed by atoms with Gasteiger partial charge in [-0.3, -0.25) is 9.59 Å². The molecule has 186 valence electrons. The molecule has 1 aliphatic rings. The molecule has 1 aromatic heterocycles. The molecule has 0 spiro atoms. The second-order valence-electron chi connectivity index (χ2n) is 8.01. The highest BCUT2D eigenvalue weighted by atomic mass is 16.7. The highest BCUT2D eigenvalue weighted by Gasteiger charge is 2.47. The first-order chi connectivity index (χ1) is 16.5. The third kappa shape index (κ3) is 4.41. The van der Waals surface area contributed by atoms with Gasteiger partial charge in [-0.25, -0.2) is 0 Å². The van der Waals surface area contributed by atoms with Crippen LogP contribution in [-0.4, -0.2) is 67.3 Å². The van der Waals surface area contributed by atoms with Crippen LogP contribution in [0.1, 0.15) is 13.8 Å². The minimum absolute atomic E-state index is 0.0469. The van der Waals surface area contributed by atoms with Gasteiger partial charge in [0.15, 0.2) is 23.4 Å². The Kier molecular flexibility index (Phi) is 6.19. The van der Waals surface area contributed by atoms with Gasteiger partial charge in [-0.05, 0) is 25.1 Å². The van der Waals surface area contributed by atoms with E-state index in [-0.39, 0.29) is 22.3 Å². The number of hydrogen-bond donors (Lipinski definition) is 6. The third-order valence-electron chi connectivity index (χ3n) is 5.48. The number of aliphatic hydroxyl groups is 2. The topological polar surface area (TPSA) is 196 Å². The highest BCUT2D eigenvalue weighted by molar-refractivity contribution is 5.88. The van der Waals surface area contributed by atoms with Crippen LogP contribution in [-0.2, 0) is 14.3 Å². The molecule has 3 aromatic rings. The number of benzene rings is 2. The maximum atomic E-state index is 13.4. The summed E-state index contributed by atoms with van der Waals surface area (Å²) in [7, 11) is 0. The first-order valence-corrected chi connectivity index (χ1v) is 10.4. The summed E-state index contributed by atoms with van der Waals surface area (Å²) in [5, 5.41) is 60.0. The van der Waals surface area contributed by atoms with Gasteiger partial charge in [0, 0.05) is 24.6 Å². The van der Waals surface area contributed by atoms with Gasteiger partial charge < -0.3 is 49.3 Å². The largest absolute Gasteiger partial charge is 0.508 e. The predicted octanol–water partition coefficient (Wildman–Crippen LogP) is 1.06. The van der Waals surface area contributed by atoms with Crippen molar-refractivity contribution in [3.63, 3.8) is 0 Å². The summed E-state index contributed by atoms with van der Waals surface area (Å²) in [5.74, 6) is -3.72. The first-order valence-electron chi connectivity index (χ1n) is 10.4. The second-order valence-corrected chi connectivity index (χ2v) is 8.01. The number of aliphatic hydroxyl groups excluding tert-OH is 2. The zero-order valence-electron chi connectivity index (χ0n) is 18.4. The van der Waals surface area contributed by atoms with Crippen LogP contribution < -0.4 is 10.2 Å². The van der Waals surface area contributed by atoms with E-state index in [9.17, 15) is 40.2 Å². The molecule has 6 N–H and O–H groups in total. The van der Waals surface area contributed by atoms with Gasteiger partial charge in [-0.15, -0.1) is 0 Å². The minimum Gasteiger partial charge on any atom is -0.508 e. The van der Waals surface area contributed by atoms with Crippen LogP contribution in [0, 0.1) is 0 Å². The number of phenolic OH excluding ortho intramolecular Hbond substituents is 4. The van der Waals surface area contributed by atoms with Crippen molar-refractivity contribution in [3.05, 3.63) is 40.6 Å². The number of aromatic hydroxyl groups is 4. The van der Waals surface area contributed by atoms with Gasteiger partial charge in [0.1, 0.15) is 34.7 Å². The van der Waals surface area contributed by atoms with E-state index in [0.717, 1.165) is 31.2 Å². The van der Waals surface area contributed by atoms with Gasteiger partial charge in [0.05, 0.1) is 6.10 Å². The Balaban J connectivity index is 1.92. The molecule has 0 aliphatic carbocycles. The summed E-state index contributed by atoms with van der Waals surface area (Å²) >= 11 is 0. The summed E-state index contributed by atoms with van der Waals surface area (Å²) in [6.45, 7) is 2.48. The normalized spacial score (nSPS) is 24.3. The second kappa shape index (κ2) is 8.98. The maximum absolute atomic E-state index is 13.4. The molecule has 0 radical (unpaired) electrons. The number of esters is 1. The van der Waals surface area contributed by atoms with Crippen LogP contribution in [0.3, 0.4) is 0 Å². The van der Waals surface area contributed by atoms with Crippen LogP contribution in [0.25, 0.3) is 22.3 Å². The Labute approximate surface area is 196 Å². The lowest BCUT2D eigenvalue weighted by Gasteiger charge is -2.40. The molecular weight excluding hydrogens is 468 g/mol. The summed E-state index contributed by atoms with van der Waals surface area (Å²) < 4.78 is 22.1. The van der Waals surface area contributed by atoms with Gasteiger partial charge in [0.2, 0.25) is 17.5 Å². The number of hydrogen-bond acceptors (Lipinski definition) is 12. The molecular formula is C23H22O12. The zero-order chi connectivity index (χ0) is 25.6. The van der Waals surface area contributed by atoms with E-state index >= 15 is 0 Å². The Morgan fingerprint density at radius 2 is 1.69 bits per heavy atom. The Morgan fingerprint density at radius 1 is 0.971 bits per heavy atom. The minimum atomic E-state index is -1.63. The average molecular weight is 490 g/mol. The number of carbonyl (C=O) groups excluding carboxylic acids is 1. The summed E-state index contributed by atoms with van der Waals surface area (Å²) in [6.07, 6.45) is -7.22. The lowest BCUT2D eigenvalue weighted by Crippen LogP contribution is -2.59. The number of ether oxygens (including phenoxy) is 3. The molecule has 5 atom stereocenters. The fourth-order valence-corrected chi connectivity index (χ4v) is 3.76. The van der Waals surface area contributed by atoms with Crippen molar-refractivity contribution in [1.29, 1.82) is 0 Å². The van der Waals surface area contributed by atoms with Crippen LogP contribution in [0.15, 0.2) is 39.5 Å². The molecule has 12 heteroatoms. The van der Waals surface area contributed by atoms with E-state index < -0.39 is 70.9 Å². The smallest absolute Gasteiger partial charge is 0.303 e. The number of phenols is 4. The maximum Gasteiger partial charge on any atom is 0.303 e. The van der Waals surface area contributed by atoms with Crippen LogP contribution >= 0.6 is 0 Å². The molecule has 12 nitrogen and oxygen atoms in total. The summed E-state index contributed by atoms with van der Waals surface area (Å²) in [4.78, 5) is 25.0. The average Bonchev–Trinajstić information content (AvgIpc) is 2.77. The molecule has 35 heavy (non-hydrogen) atoms. The van der Waals surface area contributed by atoms with Crippen molar-refractivity contribution in [1.82, 2.24) is 0 Å². The molecule has 2 unspecified atom stereocenters. The van der Waals surface area contributed by atoms with E-state index in [4.69, 9.17) is 18.6 Å². The Hall–Kier alpha value is -4.00. The van der Waals surface area contributed by atoms with Crippen molar-refractivity contribution < 1.29 is 54.1 Å². The molecule has 0 bridgehead atoms. The zero-order valence-corrected chi connectivity index (χ0v) is 18.4. The van der Waals surface area contributed by atoms with E-state index in [1.165, 1.54) is 13.0 Å².